The summed E-state index contributed by atoms with van der Waals surface area (Å²) in [6, 6.07) is 0.694. The maximum Gasteiger partial charge on any atom is 0.463 e. The minimum atomic E-state index is -6.05. The Morgan fingerprint density at radius 2 is 1.74 bits per heavy atom. The van der Waals surface area contributed by atoms with Crippen molar-refractivity contribution in [2.24, 2.45) is 0 Å². The number of hydrogen-bond donors (Lipinski definition) is 2. The van der Waals surface area contributed by atoms with E-state index in [1.165, 1.54) is 5.32 Å². The molecule has 2 N–H and O–H groups in total. The highest BCUT2D eigenvalue weighted by Gasteiger charge is 2.63. The van der Waals surface area contributed by atoms with Gasteiger partial charge in [0, 0.05) is 6.20 Å². The molecule has 0 spiro atoms. The third kappa shape index (κ3) is 3.14. The van der Waals surface area contributed by atoms with E-state index in [9.17, 15) is 31.5 Å². The molecule has 10 heteroatoms. The molecule has 0 saturated carbocycles. The number of anilines is 1. The lowest BCUT2D eigenvalue weighted by molar-refractivity contribution is -0.267. The predicted molar refractivity (Wildman–Crippen MR) is 50.8 cm³/mol. The molecule has 0 radical (unpaired) electrons. The molecule has 0 unspecified atom stereocenters. The Hall–Kier alpha value is -2.26. The van der Waals surface area contributed by atoms with Gasteiger partial charge in [-0.25, -0.2) is 4.79 Å². The van der Waals surface area contributed by atoms with Crippen LogP contribution < -0.4 is 5.32 Å². The van der Waals surface area contributed by atoms with Crippen molar-refractivity contribution in [3.05, 3.63) is 24.0 Å². The normalized spacial score (nSPS) is 12.1. The van der Waals surface area contributed by atoms with Crippen molar-refractivity contribution >= 4 is 17.6 Å². The fourth-order valence-electron chi connectivity index (χ4n) is 0.964. The van der Waals surface area contributed by atoms with Crippen LogP contribution in [-0.2, 0) is 4.79 Å². The zero-order valence-corrected chi connectivity index (χ0v) is 8.83. The lowest BCUT2D eigenvalue weighted by Gasteiger charge is -2.18. The van der Waals surface area contributed by atoms with E-state index in [-0.39, 0.29) is 0 Å². The third-order valence-electron chi connectivity index (χ3n) is 1.88. The number of alkyl halides is 5. The van der Waals surface area contributed by atoms with Crippen molar-refractivity contribution in [1.29, 1.82) is 0 Å². The molecule has 1 aromatic rings. The van der Waals surface area contributed by atoms with E-state index in [2.05, 4.69) is 4.98 Å². The highest BCUT2D eigenvalue weighted by Crippen LogP contribution is 2.36. The van der Waals surface area contributed by atoms with Gasteiger partial charge in [-0.05, 0) is 6.07 Å². The fraction of sp³-hybridized carbons (Fsp3) is 0.222. The number of nitrogens with zero attached hydrogens (tertiary/aromatic N) is 1. The van der Waals surface area contributed by atoms with Crippen LogP contribution in [0, 0.1) is 0 Å². The summed E-state index contributed by atoms with van der Waals surface area (Å²) in [5.41, 5.74) is -1.07. The van der Waals surface area contributed by atoms with E-state index < -0.39 is 35.2 Å². The number of pyridine rings is 1. The molecule has 1 heterocycles. The van der Waals surface area contributed by atoms with Crippen molar-refractivity contribution in [2.45, 2.75) is 12.1 Å². The molecule has 0 aromatic carbocycles. The zero-order chi connectivity index (χ0) is 14.8. The molecular formula is C9H5F5N2O3. The molecule has 0 aliphatic carbocycles. The second-order valence-electron chi connectivity index (χ2n) is 3.29. The molecule has 0 aliphatic heterocycles. The number of amides is 1. The second kappa shape index (κ2) is 4.78. The fourth-order valence-corrected chi connectivity index (χ4v) is 0.964. The Morgan fingerprint density at radius 1 is 1.16 bits per heavy atom. The Morgan fingerprint density at radius 3 is 2.21 bits per heavy atom. The first-order chi connectivity index (χ1) is 8.55. The molecule has 0 saturated heterocycles. The number of rotatable bonds is 3. The standard InChI is InChI=1S/C9H5F5N2O3/c10-8(11,9(12,13)14)7(19)16-5-1-4(6(17)18)2-15-3-5/h1-3H,(H,16,19)(H,17,18). The van der Waals surface area contributed by atoms with E-state index in [1.54, 1.807) is 0 Å². The van der Waals surface area contributed by atoms with E-state index >= 15 is 0 Å². The number of aromatic carboxylic acids is 1. The van der Waals surface area contributed by atoms with Gasteiger partial charge in [0.2, 0.25) is 0 Å². The summed E-state index contributed by atoms with van der Waals surface area (Å²) in [5.74, 6) is -9.69. The molecule has 19 heavy (non-hydrogen) atoms. The highest BCUT2D eigenvalue weighted by atomic mass is 19.4. The predicted octanol–water partition coefficient (Wildman–Crippen LogP) is 1.92. The van der Waals surface area contributed by atoms with Crippen molar-refractivity contribution in [3.63, 3.8) is 0 Å². The lowest BCUT2D eigenvalue weighted by Crippen LogP contribution is -2.47. The Balaban J connectivity index is 2.95. The molecular weight excluding hydrogens is 279 g/mol. The van der Waals surface area contributed by atoms with Crippen LogP contribution in [0.1, 0.15) is 10.4 Å². The summed E-state index contributed by atoms with van der Waals surface area (Å²) in [7, 11) is 0. The van der Waals surface area contributed by atoms with Gasteiger partial charge in [0.15, 0.2) is 0 Å². The SMILES string of the molecule is O=C(O)c1cncc(NC(=O)C(F)(F)C(F)(F)F)c1. The average molecular weight is 284 g/mol. The van der Waals surface area contributed by atoms with E-state index in [4.69, 9.17) is 5.11 Å². The first kappa shape index (κ1) is 14.8. The Kier molecular flexibility index (Phi) is 3.73. The number of carboxylic acids is 1. The Bertz CT molecular complexity index is 515. The summed E-state index contributed by atoms with van der Waals surface area (Å²) in [4.78, 5) is 24.6. The molecule has 0 aliphatic rings. The molecule has 1 rings (SSSR count). The maximum absolute atomic E-state index is 12.6. The topological polar surface area (TPSA) is 79.3 Å². The minimum Gasteiger partial charge on any atom is -0.478 e. The summed E-state index contributed by atoms with van der Waals surface area (Å²) < 4.78 is 60.8. The number of halogens is 5. The minimum absolute atomic E-state index is 0.479. The van der Waals surface area contributed by atoms with E-state index in [0.717, 1.165) is 12.4 Å². The number of aromatic nitrogens is 1. The molecule has 1 aromatic heterocycles. The second-order valence-corrected chi connectivity index (χ2v) is 3.29. The zero-order valence-electron chi connectivity index (χ0n) is 8.83. The van der Waals surface area contributed by atoms with Gasteiger partial charge in [0.1, 0.15) is 0 Å². The molecule has 104 valence electrons. The van der Waals surface area contributed by atoms with E-state index in [0.29, 0.717) is 6.07 Å². The van der Waals surface area contributed by atoms with Crippen molar-refractivity contribution in [1.82, 2.24) is 4.98 Å². The van der Waals surface area contributed by atoms with Gasteiger partial charge >= 0.3 is 24.0 Å². The van der Waals surface area contributed by atoms with Gasteiger partial charge < -0.3 is 10.4 Å². The molecule has 1 amide bonds. The van der Waals surface area contributed by atoms with Gasteiger partial charge in [-0.2, -0.15) is 22.0 Å². The molecule has 0 atom stereocenters. The van der Waals surface area contributed by atoms with Crippen LogP contribution in [0.5, 0.6) is 0 Å². The van der Waals surface area contributed by atoms with Crippen LogP contribution in [0.15, 0.2) is 18.5 Å². The monoisotopic (exact) mass is 284 g/mol. The molecule has 0 fully saturated rings. The van der Waals surface area contributed by atoms with Gasteiger partial charge in [-0.15, -0.1) is 0 Å². The van der Waals surface area contributed by atoms with Gasteiger partial charge in [-0.3, -0.25) is 9.78 Å². The first-order valence-corrected chi connectivity index (χ1v) is 4.50. The van der Waals surface area contributed by atoms with Gasteiger partial charge in [-0.1, -0.05) is 0 Å². The summed E-state index contributed by atoms with van der Waals surface area (Å²) in [6.07, 6.45) is -4.48. The average Bonchev–Trinajstić information content (AvgIpc) is 2.27. The maximum atomic E-state index is 12.6. The van der Waals surface area contributed by atoms with Gasteiger partial charge in [0.05, 0.1) is 17.4 Å². The van der Waals surface area contributed by atoms with Crippen LogP contribution in [0.25, 0.3) is 0 Å². The largest absolute Gasteiger partial charge is 0.478 e. The first-order valence-electron chi connectivity index (χ1n) is 4.50. The van der Waals surface area contributed by atoms with Crippen LogP contribution in [0.3, 0.4) is 0 Å². The third-order valence-corrected chi connectivity index (χ3v) is 1.88. The van der Waals surface area contributed by atoms with Gasteiger partial charge in [0.25, 0.3) is 0 Å². The summed E-state index contributed by atoms with van der Waals surface area (Å²) >= 11 is 0. The highest BCUT2D eigenvalue weighted by molar-refractivity contribution is 5.97. The smallest absolute Gasteiger partial charge is 0.463 e. The number of carbonyl (C=O) groups excluding carboxylic acids is 1. The quantitative estimate of drug-likeness (QED) is 0.831. The lowest BCUT2D eigenvalue weighted by atomic mass is 10.2. The molecule has 5 nitrogen and oxygen atoms in total. The van der Waals surface area contributed by atoms with Crippen molar-refractivity contribution in [2.75, 3.05) is 5.32 Å². The number of carbonyl (C=O) groups is 2. The van der Waals surface area contributed by atoms with Crippen LogP contribution in [0.2, 0.25) is 0 Å². The number of hydrogen-bond acceptors (Lipinski definition) is 3. The summed E-state index contributed by atoms with van der Waals surface area (Å²) in [6.45, 7) is 0. The number of nitrogens with one attached hydrogen (secondary N) is 1. The summed E-state index contributed by atoms with van der Waals surface area (Å²) in [5, 5.41) is 9.80. The molecule has 0 bridgehead atoms. The van der Waals surface area contributed by atoms with Crippen LogP contribution >= 0.6 is 0 Å². The number of carboxylic acid groups (broad SMARTS) is 1. The van der Waals surface area contributed by atoms with E-state index in [1.807, 2.05) is 0 Å². The Labute approximate surface area is 102 Å². The van der Waals surface area contributed by atoms with Crippen LogP contribution in [-0.4, -0.2) is 34.1 Å². The van der Waals surface area contributed by atoms with Crippen LogP contribution in [0.4, 0.5) is 27.6 Å². The van der Waals surface area contributed by atoms with Crippen molar-refractivity contribution < 1.29 is 36.6 Å². The van der Waals surface area contributed by atoms with Crippen molar-refractivity contribution in [3.8, 4) is 0 Å².